The number of hydrogen-bond acceptors (Lipinski definition) is 5. The van der Waals surface area contributed by atoms with Gasteiger partial charge in [0.25, 0.3) is 0 Å². The third-order valence-corrected chi connectivity index (χ3v) is 3.27. The molecule has 0 spiro atoms. The molecule has 0 fully saturated rings. The fraction of sp³-hybridized carbons (Fsp3) is 0.353. The van der Waals surface area contributed by atoms with Crippen molar-refractivity contribution in [3.63, 3.8) is 0 Å². The lowest BCUT2D eigenvalue weighted by molar-refractivity contribution is -0.137. The molecule has 23 heavy (non-hydrogen) atoms. The Bertz CT molecular complexity index is 645. The van der Waals surface area contributed by atoms with Crippen LogP contribution in [0.3, 0.4) is 0 Å². The summed E-state index contributed by atoms with van der Waals surface area (Å²) in [6.45, 7) is 4.26. The molecule has 2 aromatic rings. The first kappa shape index (κ1) is 16.7. The van der Waals surface area contributed by atoms with Gasteiger partial charge in [0.05, 0.1) is 0 Å². The highest BCUT2D eigenvalue weighted by molar-refractivity contribution is 5.66. The molecule has 6 heteroatoms. The highest BCUT2D eigenvalue weighted by Crippen LogP contribution is 2.18. The number of aliphatic carboxylic acids is 1. The Balaban J connectivity index is 1.95. The van der Waals surface area contributed by atoms with Gasteiger partial charge in [0.15, 0.2) is 0 Å². The first-order valence-corrected chi connectivity index (χ1v) is 7.44. The van der Waals surface area contributed by atoms with E-state index in [0.29, 0.717) is 24.9 Å². The zero-order valence-corrected chi connectivity index (χ0v) is 13.3. The Morgan fingerprint density at radius 3 is 2.70 bits per heavy atom. The average Bonchev–Trinajstić information content (AvgIpc) is 2.52. The Kier molecular flexibility index (Phi) is 5.51. The van der Waals surface area contributed by atoms with Crippen LogP contribution in [0.2, 0.25) is 0 Å². The summed E-state index contributed by atoms with van der Waals surface area (Å²) in [6.07, 6.45) is 2.17. The van der Waals surface area contributed by atoms with Crippen LogP contribution in [-0.2, 0) is 11.4 Å². The number of ether oxygens (including phenoxy) is 1. The number of nitrogens with zero attached hydrogens (tertiary/aromatic N) is 2. The van der Waals surface area contributed by atoms with E-state index in [2.05, 4.69) is 15.3 Å². The summed E-state index contributed by atoms with van der Waals surface area (Å²) in [5, 5.41) is 11.9. The van der Waals surface area contributed by atoms with E-state index >= 15 is 0 Å². The summed E-state index contributed by atoms with van der Waals surface area (Å²) in [5.41, 5.74) is 0.638. The average molecular weight is 315 g/mol. The number of aromatic nitrogens is 2. The van der Waals surface area contributed by atoms with Gasteiger partial charge in [0.1, 0.15) is 6.61 Å². The van der Waals surface area contributed by atoms with Crippen molar-refractivity contribution in [1.82, 2.24) is 9.97 Å². The molecule has 1 heterocycles. The van der Waals surface area contributed by atoms with Gasteiger partial charge in [-0.3, -0.25) is 4.79 Å². The van der Waals surface area contributed by atoms with Gasteiger partial charge in [-0.1, -0.05) is 30.3 Å². The fourth-order valence-corrected chi connectivity index (χ4v) is 2.00. The molecule has 0 aliphatic rings. The maximum absolute atomic E-state index is 10.7. The van der Waals surface area contributed by atoms with Crippen LogP contribution < -0.4 is 10.1 Å². The maximum atomic E-state index is 10.7. The summed E-state index contributed by atoms with van der Waals surface area (Å²) in [5.74, 6) is 0.0760. The molecule has 0 atom stereocenters. The minimum atomic E-state index is -0.819. The molecule has 0 bridgehead atoms. The molecule has 0 radical (unpaired) electrons. The molecule has 0 aliphatic heterocycles. The van der Waals surface area contributed by atoms with Crippen LogP contribution >= 0.6 is 0 Å². The Morgan fingerprint density at radius 1 is 1.26 bits per heavy atom. The lowest BCUT2D eigenvalue weighted by Gasteiger charge is -2.25. The van der Waals surface area contributed by atoms with Gasteiger partial charge in [0, 0.05) is 24.2 Å². The van der Waals surface area contributed by atoms with Crippen LogP contribution in [0.5, 0.6) is 5.88 Å². The van der Waals surface area contributed by atoms with E-state index in [0.717, 1.165) is 5.56 Å². The van der Waals surface area contributed by atoms with Crippen molar-refractivity contribution in [2.45, 2.75) is 38.8 Å². The molecule has 0 saturated carbocycles. The molecular formula is C17H21N3O3. The van der Waals surface area contributed by atoms with Crippen molar-refractivity contribution in [3.8, 4) is 5.88 Å². The predicted octanol–water partition coefficient (Wildman–Crippen LogP) is 3.11. The van der Waals surface area contributed by atoms with Crippen LogP contribution in [0.4, 0.5) is 5.95 Å². The van der Waals surface area contributed by atoms with E-state index in [1.165, 1.54) is 0 Å². The van der Waals surface area contributed by atoms with Crippen LogP contribution in [0.15, 0.2) is 42.6 Å². The van der Waals surface area contributed by atoms with Crippen molar-refractivity contribution in [3.05, 3.63) is 48.2 Å². The second-order valence-electron chi connectivity index (χ2n) is 5.90. The number of benzene rings is 1. The van der Waals surface area contributed by atoms with Gasteiger partial charge in [-0.25, -0.2) is 4.98 Å². The molecule has 1 aromatic carbocycles. The normalized spacial score (nSPS) is 11.0. The number of rotatable bonds is 8. The minimum Gasteiger partial charge on any atom is -0.481 e. The van der Waals surface area contributed by atoms with Crippen LogP contribution in [-0.4, -0.2) is 26.6 Å². The smallest absolute Gasteiger partial charge is 0.303 e. The lowest BCUT2D eigenvalue weighted by atomic mass is 9.99. The zero-order chi connectivity index (χ0) is 16.7. The van der Waals surface area contributed by atoms with E-state index in [4.69, 9.17) is 9.84 Å². The quantitative estimate of drug-likeness (QED) is 0.778. The number of carboxylic acid groups (broad SMARTS) is 1. The Morgan fingerprint density at radius 2 is 2.00 bits per heavy atom. The zero-order valence-electron chi connectivity index (χ0n) is 13.3. The monoisotopic (exact) mass is 315 g/mol. The van der Waals surface area contributed by atoms with Crippen molar-refractivity contribution in [2.24, 2.45) is 0 Å². The van der Waals surface area contributed by atoms with Crippen molar-refractivity contribution < 1.29 is 14.6 Å². The summed E-state index contributed by atoms with van der Waals surface area (Å²) >= 11 is 0. The third kappa shape index (κ3) is 5.94. The van der Waals surface area contributed by atoms with E-state index < -0.39 is 11.5 Å². The molecule has 2 N–H and O–H groups in total. The summed E-state index contributed by atoms with van der Waals surface area (Å²) in [7, 11) is 0. The van der Waals surface area contributed by atoms with E-state index in [9.17, 15) is 4.79 Å². The molecule has 0 unspecified atom stereocenters. The SMILES string of the molecule is CC(C)(CCC(=O)O)Nc1nccc(OCc2ccccc2)n1. The number of hydrogen-bond donors (Lipinski definition) is 2. The number of anilines is 1. The largest absolute Gasteiger partial charge is 0.481 e. The third-order valence-electron chi connectivity index (χ3n) is 3.27. The molecular weight excluding hydrogens is 294 g/mol. The first-order chi connectivity index (χ1) is 10.9. The van der Waals surface area contributed by atoms with Gasteiger partial charge in [0.2, 0.25) is 11.8 Å². The summed E-state index contributed by atoms with van der Waals surface area (Å²) in [4.78, 5) is 19.2. The van der Waals surface area contributed by atoms with Gasteiger partial charge in [-0.15, -0.1) is 0 Å². The molecule has 6 nitrogen and oxygen atoms in total. The topological polar surface area (TPSA) is 84.3 Å². The van der Waals surface area contributed by atoms with Gasteiger partial charge in [-0.05, 0) is 25.8 Å². The van der Waals surface area contributed by atoms with Crippen molar-refractivity contribution in [2.75, 3.05) is 5.32 Å². The second kappa shape index (κ2) is 7.58. The van der Waals surface area contributed by atoms with Gasteiger partial charge >= 0.3 is 5.97 Å². The fourth-order valence-electron chi connectivity index (χ4n) is 2.00. The Hall–Kier alpha value is -2.63. The standard InChI is InChI=1S/C17H21N3O3/c1-17(2,10-8-15(21)22)20-16-18-11-9-14(19-16)23-12-13-6-4-3-5-7-13/h3-7,9,11H,8,10,12H2,1-2H3,(H,21,22)(H,18,19,20). The van der Waals surface area contributed by atoms with Crippen molar-refractivity contribution in [1.29, 1.82) is 0 Å². The van der Waals surface area contributed by atoms with Crippen LogP contribution in [0, 0.1) is 0 Å². The molecule has 0 aliphatic carbocycles. The Labute approximate surface area is 135 Å². The summed E-state index contributed by atoms with van der Waals surface area (Å²) < 4.78 is 5.66. The van der Waals surface area contributed by atoms with Crippen LogP contribution in [0.1, 0.15) is 32.3 Å². The molecule has 0 amide bonds. The van der Waals surface area contributed by atoms with Crippen LogP contribution in [0.25, 0.3) is 0 Å². The van der Waals surface area contributed by atoms with E-state index in [1.807, 2.05) is 44.2 Å². The highest BCUT2D eigenvalue weighted by Gasteiger charge is 2.20. The predicted molar refractivity (Wildman–Crippen MR) is 87.4 cm³/mol. The van der Waals surface area contributed by atoms with Gasteiger partial charge in [-0.2, -0.15) is 4.98 Å². The number of carbonyl (C=O) groups is 1. The lowest BCUT2D eigenvalue weighted by Crippen LogP contribution is -2.32. The minimum absolute atomic E-state index is 0.0875. The number of carboxylic acids is 1. The maximum Gasteiger partial charge on any atom is 0.303 e. The highest BCUT2D eigenvalue weighted by atomic mass is 16.5. The molecule has 0 saturated heterocycles. The van der Waals surface area contributed by atoms with E-state index in [1.54, 1.807) is 12.3 Å². The van der Waals surface area contributed by atoms with Crippen molar-refractivity contribution >= 4 is 11.9 Å². The van der Waals surface area contributed by atoms with Gasteiger partial charge < -0.3 is 15.2 Å². The number of nitrogens with one attached hydrogen (secondary N) is 1. The molecule has 122 valence electrons. The van der Waals surface area contributed by atoms with E-state index in [-0.39, 0.29) is 6.42 Å². The summed E-state index contributed by atoms with van der Waals surface area (Å²) in [6, 6.07) is 11.5. The molecule has 2 rings (SSSR count). The first-order valence-electron chi connectivity index (χ1n) is 7.44. The molecule has 1 aromatic heterocycles. The second-order valence-corrected chi connectivity index (χ2v) is 5.90.